The Bertz CT molecular complexity index is 695. The number of aromatic nitrogens is 2. The number of amides is 1. The van der Waals surface area contributed by atoms with Gasteiger partial charge in [-0.3, -0.25) is 9.48 Å². The summed E-state index contributed by atoms with van der Waals surface area (Å²) in [6, 6.07) is 6.98. The Morgan fingerprint density at radius 1 is 1.35 bits per heavy atom. The molecule has 1 aromatic carbocycles. The Kier molecular flexibility index (Phi) is 4.99. The van der Waals surface area contributed by atoms with Crippen molar-refractivity contribution >= 4 is 17.5 Å². The number of rotatable bonds is 4. The molecule has 1 atom stereocenters. The Morgan fingerprint density at radius 3 is 2.48 bits per heavy atom. The molecule has 0 bridgehead atoms. The summed E-state index contributed by atoms with van der Waals surface area (Å²) in [7, 11) is 0. The highest BCUT2D eigenvalue weighted by Crippen LogP contribution is 2.29. The van der Waals surface area contributed by atoms with Crippen LogP contribution in [0, 0.1) is 6.92 Å². The van der Waals surface area contributed by atoms with Crippen molar-refractivity contribution in [2.75, 3.05) is 0 Å². The number of nitrogens with zero attached hydrogens (tertiary/aromatic N) is 2. The van der Waals surface area contributed by atoms with Crippen molar-refractivity contribution in [2.45, 2.75) is 32.6 Å². The first-order valence-electron chi connectivity index (χ1n) is 6.84. The zero-order valence-electron chi connectivity index (χ0n) is 12.5. The Hall–Kier alpha value is -2.02. The van der Waals surface area contributed by atoms with Gasteiger partial charge in [-0.05, 0) is 37.6 Å². The summed E-state index contributed by atoms with van der Waals surface area (Å²) >= 11 is 5.77. The Morgan fingerprint density at radius 2 is 1.96 bits per heavy atom. The van der Waals surface area contributed by atoms with E-state index < -0.39 is 23.8 Å². The summed E-state index contributed by atoms with van der Waals surface area (Å²) < 4.78 is 39.1. The molecule has 0 saturated heterocycles. The number of nitrogens with one attached hydrogen (secondary N) is 1. The fourth-order valence-corrected chi connectivity index (χ4v) is 2.19. The molecule has 2 aromatic rings. The van der Waals surface area contributed by atoms with E-state index in [4.69, 9.17) is 11.6 Å². The fourth-order valence-electron chi connectivity index (χ4n) is 2.07. The maximum atomic E-state index is 12.7. The number of hydrogen-bond donors (Lipinski definition) is 1. The normalized spacial score (nSPS) is 13.0. The van der Waals surface area contributed by atoms with Crippen molar-refractivity contribution in [1.82, 2.24) is 15.1 Å². The molecule has 1 aromatic heterocycles. The largest absolute Gasteiger partial charge is 0.435 e. The van der Waals surface area contributed by atoms with E-state index in [0.717, 1.165) is 16.3 Å². The fraction of sp³-hybridized carbons (Fsp3) is 0.333. The number of hydrogen-bond acceptors (Lipinski definition) is 2. The maximum absolute atomic E-state index is 12.7. The van der Waals surface area contributed by atoms with Crippen LogP contribution >= 0.6 is 11.6 Å². The smallest absolute Gasteiger partial charge is 0.350 e. The van der Waals surface area contributed by atoms with Crippen LogP contribution in [0.5, 0.6) is 0 Å². The molecule has 124 valence electrons. The predicted molar refractivity (Wildman–Crippen MR) is 80.0 cm³/mol. The van der Waals surface area contributed by atoms with Gasteiger partial charge in [0.05, 0.1) is 0 Å². The third kappa shape index (κ3) is 4.25. The molecule has 0 radical (unpaired) electrons. The van der Waals surface area contributed by atoms with Crippen LogP contribution in [0.1, 0.15) is 29.9 Å². The summed E-state index contributed by atoms with van der Waals surface area (Å²) in [4.78, 5) is 12.1. The monoisotopic (exact) mass is 345 g/mol. The number of carbonyl (C=O) groups excluding carboxylic acids is 1. The molecule has 0 unspecified atom stereocenters. The lowest BCUT2D eigenvalue weighted by molar-refractivity contribution is -0.142. The molecule has 0 aliphatic heterocycles. The quantitative estimate of drug-likeness (QED) is 0.917. The zero-order chi connectivity index (χ0) is 17.2. The second-order valence-corrected chi connectivity index (χ2v) is 5.57. The van der Waals surface area contributed by atoms with Gasteiger partial charge in [-0.1, -0.05) is 23.7 Å². The first kappa shape index (κ1) is 17.3. The molecule has 0 spiro atoms. The minimum atomic E-state index is -4.53. The van der Waals surface area contributed by atoms with Gasteiger partial charge in [0.2, 0.25) is 5.91 Å². The summed E-state index contributed by atoms with van der Waals surface area (Å²) in [6.07, 6.45) is -4.53. The molecular formula is C15H15ClF3N3O. The lowest BCUT2D eigenvalue weighted by Crippen LogP contribution is -2.31. The van der Waals surface area contributed by atoms with E-state index >= 15 is 0 Å². The predicted octanol–water partition coefficient (Wildman–Crippen LogP) is 3.74. The Labute approximate surface area is 136 Å². The van der Waals surface area contributed by atoms with Gasteiger partial charge in [-0.2, -0.15) is 18.3 Å². The van der Waals surface area contributed by atoms with Crippen LogP contribution in [0.2, 0.25) is 5.02 Å². The van der Waals surface area contributed by atoms with Gasteiger partial charge in [0.15, 0.2) is 5.69 Å². The number of benzene rings is 1. The summed E-state index contributed by atoms with van der Waals surface area (Å²) in [5.41, 5.74) is 0.0990. The van der Waals surface area contributed by atoms with E-state index in [0.29, 0.717) is 5.02 Å². The zero-order valence-corrected chi connectivity index (χ0v) is 13.2. The van der Waals surface area contributed by atoms with Gasteiger partial charge in [0.1, 0.15) is 6.04 Å². The van der Waals surface area contributed by atoms with Gasteiger partial charge < -0.3 is 5.32 Å². The average Bonchev–Trinajstić information content (AvgIpc) is 2.87. The molecule has 23 heavy (non-hydrogen) atoms. The lowest BCUT2D eigenvalue weighted by Gasteiger charge is -2.14. The first-order valence-corrected chi connectivity index (χ1v) is 7.22. The molecule has 1 N–H and O–H groups in total. The van der Waals surface area contributed by atoms with Crippen LogP contribution in [-0.2, 0) is 17.5 Å². The van der Waals surface area contributed by atoms with Crippen LogP contribution in [-0.4, -0.2) is 15.7 Å². The summed E-state index contributed by atoms with van der Waals surface area (Å²) in [5.74, 6) is -0.417. The van der Waals surface area contributed by atoms with Crippen molar-refractivity contribution in [1.29, 1.82) is 0 Å². The van der Waals surface area contributed by atoms with Gasteiger partial charge >= 0.3 is 6.18 Å². The Balaban J connectivity index is 2.05. The van der Waals surface area contributed by atoms with E-state index in [-0.39, 0.29) is 12.2 Å². The first-order chi connectivity index (χ1) is 10.7. The van der Waals surface area contributed by atoms with Crippen molar-refractivity contribution in [3.05, 3.63) is 52.3 Å². The van der Waals surface area contributed by atoms with Gasteiger partial charge in [0, 0.05) is 17.3 Å². The van der Waals surface area contributed by atoms with Crippen molar-refractivity contribution in [3.63, 3.8) is 0 Å². The number of alkyl halides is 3. The highest BCUT2D eigenvalue weighted by atomic mass is 35.5. The minimum Gasteiger partial charge on any atom is -0.350 e. The topological polar surface area (TPSA) is 46.9 Å². The van der Waals surface area contributed by atoms with E-state index in [9.17, 15) is 18.0 Å². The molecule has 0 aliphatic carbocycles. The van der Waals surface area contributed by atoms with Gasteiger partial charge in [-0.25, -0.2) is 0 Å². The summed E-state index contributed by atoms with van der Waals surface area (Å²) in [5, 5.41) is 6.73. The van der Waals surface area contributed by atoms with Crippen molar-refractivity contribution in [3.8, 4) is 0 Å². The van der Waals surface area contributed by atoms with E-state index in [2.05, 4.69) is 10.4 Å². The van der Waals surface area contributed by atoms with Crippen molar-refractivity contribution < 1.29 is 18.0 Å². The lowest BCUT2D eigenvalue weighted by atomic mass is 10.2. The molecule has 0 fully saturated rings. The highest BCUT2D eigenvalue weighted by Gasteiger charge is 2.35. The van der Waals surface area contributed by atoms with Crippen LogP contribution in [0.15, 0.2) is 30.3 Å². The average molecular weight is 346 g/mol. The van der Waals surface area contributed by atoms with Crippen LogP contribution in [0.3, 0.4) is 0 Å². The molecule has 4 nitrogen and oxygen atoms in total. The molecule has 8 heteroatoms. The van der Waals surface area contributed by atoms with Gasteiger partial charge in [0.25, 0.3) is 0 Å². The third-order valence-corrected chi connectivity index (χ3v) is 3.59. The standard InChI is InChI=1S/C15H15ClF3N3O/c1-9-7-13(15(17,18)19)21-22(9)10(2)14(23)20-8-11-3-5-12(16)6-4-11/h3-7,10H,8H2,1-2H3,(H,20,23)/t10-/m1/s1. The van der Waals surface area contributed by atoms with Crippen LogP contribution in [0.25, 0.3) is 0 Å². The second-order valence-electron chi connectivity index (χ2n) is 5.13. The molecule has 0 aliphatic rings. The number of halogens is 4. The van der Waals surface area contributed by atoms with Crippen LogP contribution in [0.4, 0.5) is 13.2 Å². The second kappa shape index (κ2) is 6.62. The van der Waals surface area contributed by atoms with Gasteiger partial charge in [-0.15, -0.1) is 0 Å². The molecule has 1 heterocycles. The molecule has 1 amide bonds. The van der Waals surface area contributed by atoms with Crippen molar-refractivity contribution in [2.24, 2.45) is 0 Å². The maximum Gasteiger partial charge on any atom is 0.435 e. The number of carbonyl (C=O) groups is 1. The SMILES string of the molecule is Cc1cc(C(F)(F)F)nn1[C@H](C)C(=O)NCc1ccc(Cl)cc1. The van der Waals surface area contributed by atoms with Crippen LogP contribution < -0.4 is 5.32 Å². The highest BCUT2D eigenvalue weighted by molar-refractivity contribution is 6.30. The van der Waals surface area contributed by atoms with E-state index in [1.165, 1.54) is 13.8 Å². The van der Waals surface area contributed by atoms with E-state index in [1.807, 2.05) is 0 Å². The third-order valence-electron chi connectivity index (χ3n) is 3.34. The molecule has 2 rings (SSSR count). The number of aryl methyl sites for hydroxylation is 1. The minimum absolute atomic E-state index is 0.257. The molecular weight excluding hydrogens is 331 g/mol. The summed E-state index contributed by atoms with van der Waals surface area (Å²) in [6.45, 7) is 3.23. The molecule has 0 saturated carbocycles. The van der Waals surface area contributed by atoms with E-state index in [1.54, 1.807) is 24.3 Å².